The van der Waals surface area contributed by atoms with Gasteiger partial charge in [-0.25, -0.2) is 8.78 Å². The number of rotatable bonds is 1. The van der Waals surface area contributed by atoms with Crippen molar-refractivity contribution in [2.45, 2.75) is 6.43 Å². The first-order valence-electron chi connectivity index (χ1n) is 3.02. The Bertz CT molecular complexity index is 348. The number of aromatic hydroxyl groups is 1. The average molecular weight is 176 g/mol. The van der Waals surface area contributed by atoms with Crippen molar-refractivity contribution in [3.63, 3.8) is 0 Å². The molecule has 0 bridgehead atoms. The van der Waals surface area contributed by atoms with Crippen LogP contribution in [0.1, 0.15) is 12.1 Å². The topological polar surface area (TPSA) is 79.1 Å². The number of aromatic amines is 1. The quantitative estimate of drug-likeness (QED) is 0.586. The number of anilines is 1. The van der Waals surface area contributed by atoms with Gasteiger partial charge in [-0.15, -0.1) is 0 Å². The molecule has 0 aliphatic heterocycles. The Labute approximate surface area is 65.6 Å². The van der Waals surface area contributed by atoms with E-state index < -0.39 is 29.1 Å². The molecule has 0 atom stereocenters. The molecular formula is C6H6F2N2O2. The fourth-order valence-corrected chi connectivity index (χ4v) is 0.693. The Balaban J connectivity index is 3.31. The number of H-pyrrole nitrogens is 1. The minimum Gasteiger partial charge on any atom is -0.506 e. The third kappa shape index (κ3) is 1.36. The summed E-state index contributed by atoms with van der Waals surface area (Å²) >= 11 is 0. The van der Waals surface area contributed by atoms with E-state index in [-0.39, 0.29) is 0 Å². The molecule has 0 aliphatic rings. The highest BCUT2D eigenvalue weighted by molar-refractivity contribution is 5.49. The van der Waals surface area contributed by atoms with Crippen molar-refractivity contribution < 1.29 is 13.9 Å². The molecule has 1 aromatic heterocycles. The highest BCUT2D eigenvalue weighted by atomic mass is 19.3. The number of halogens is 2. The van der Waals surface area contributed by atoms with Crippen LogP contribution in [0.3, 0.4) is 0 Å². The van der Waals surface area contributed by atoms with Gasteiger partial charge in [0.15, 0.2) is 0 Å². The van der Waals surface area contributed by atoms with E-state index in [9.17, 15) is 13.6 Å². The van der Waals surface area contributed by atoms with Gasteiger partial charge in [0.25, 0.3) is 12.0 Å². The number of pyridine rings is 1. The summed E-state index contributed by atoms with van der Waals surface area (Å²) in [4.78, 5) is 12.5. The van der Waals surface area contributed by atoms with Gasteiger partial charge in [0.05, 0.1) is 5.69 Å². The molecule has 1 aromatic rings. The zero-order chi connectivity index (χ0) is 9.30. The Morgan fingerprint density at radius 2 is 2.17 bits per heavy atom. The zero-order valence-electron chi connectivity index (χ0n) is 5.84. The fraction of sp³-hybridized carbons (Fsp3) is 0.167. The van der Waals surface area contributed by atoms with Crippen LogP contribution < -0.4 is 11.3 Å². The van der Waals surface area contributed by atoms with E-state index in [4.69, 9.17) is 10.8 Å². The van der Waals surface area contributed by atoms with E-state index in [1.807, 2.05) is 4.98 Å². The van der Waals surface area contributed by atoms with Crippen molar-refractivity contribution in [3.8, 4) is 5.75 Å². The van der Waals surface area contributed by atoms with Gasteiger partial charge in [0, 0.05) is 6.07 Å². The lowest BCUT2D eigenvalue weighted by Crippen LogP contribution is -2.13. The molecule has 0 aliphatic carbocycles. The lowest BCUT2D eigenvalue weighted by Gasteiger charge is -2.01. The standard InChI is InChI=1S/C6H6F2N2O2/c7-5(8)2-1-3(11)4(9)6(12)10-2/h1,5H,9H2,(H2,10,11,12). The Hall–Kier alpha value is -1.59. The molecule has 12 heavy (non-hydrogen) atoms. The minimum atomic E-state index is -2.83. The summed E-state index contributed by atoms with van der Waals surface area (Å²) in [6, 6.07) is 0.724. The van der Waals surface area contributed by atoms with Crippen molar-refractivity contribution in [1.82, 2.24) is 4.98 Å². The van der Waals surface area contributed by atoms with E-state index in [0.717, 1.165) is 6.07 Å². The molecule has 0 spiro atoms. The molecule has 1 rings (SSSR count). The molecule has 0 saturated carbocycles. The van der Waals surface area contributed by atoms with Crippen LogP contribution in [0.4, 0.5) is 14.5 Å². The normalized spacial score (nSPS) is 10.6. The van der Waals surface area contributed by atoms with Gasteiger partial charge < -0.3 is 15.8 Å². The summed E-state index contributed by atoms with van der Waals surface area (Å²) < 4.78 is 23.9. The molecule has 6 heteroatoms. The Kier molecular flexibility index (Phi) is 1.99. The molecule has 0 radical (unpaired) electrons. The van der Waals surface area contributed by atoms with Crippen molar-refractivity contribution in [1.29, 1.82) is 0 Å². The van der Waals surface area contributed by atoms with Gasteiger partial charge in [-0.1, -0.05) is 0 Å². The van der Waals surface area contributed by atoms with Gasteiger partial charge in [0.1, 0.15) is 11.4 Å². The molecule has 0 amide bonds. The summed E-state index contributed by atoms with van der Waals surface area (Å²) in [7, 11) is 0. The maximum absolute atomic E-state index is 11.9. The Morgan fingerprint density at radius 1 is 1.58 bits per heavy atom. The van der Waals surface area contributed by atoms with Crippen LogP contribution in [0.2, 0.25) is 0 Å². The Morgan fingerprint density at radius 3 is 2.58 bits per heavy atom. The van der Waals surface area contributed by atoms with E-state index >= 15 is 0 Å². The third-order valence-electron chi connectivity index (χ3n) is 1.31. The number of nitrogens with one attached hydrogen (secondary N) is 1. The first-order valence-corrected chi connectivity index (χ1v) is 3.02. The summed E-state index contributed by atoms with van der Waals surface area (Å²) in [6.07, 6.45) is -2.83. The number of nitrogens with two attached hydrogens (primary N) is 1. The summed E-state index contributed by atoms with van der Waals surface area (Å²) in [5, 5.41) is 8.85. The second kappa shape index (κ2) is 2.80. The van der Waals surface area contributed by atoms with Gasteiger partial charge in [0.2, 0.25) is 0 Å². The number of hydrogen-bond donors (Lipinski definition) is 3. The van der Waals surface area contributed by atoms with Crippen LogP contribution in [-0.2, 0) is 0 Å². The monoisotopic (exact) mass is 176 g/mol. The van der Waals surface area contributed by atoms with E-state index in [2.05, 4.69) is 0 Å². The van der Waals surface area contributed by atoms with Crippen LogP contribution in [0.15, 0.2) is 10.9 Å². The molecular weight excluding hydrogens is 170 g/mol. The molecule has 1 heterocycles. The van der Waals surface area contributed by atoms with Crippen LogP contribution in [0, 0.1) is 0 Å². The second-order valence-electron chi connectivity index (χ2n) is 2.15. The van der Waals surface area contributed by atoms with Crippen molar-refractivity contribution >= 4 is 5.69 Å². The smallest absolute Gasteiger partial charge is 0.278 e. The minimum absolute atomic E-state index is 0.459. The third-order valence-corrected chi connectivity index (χ3v) is 1.31. The highest BCUT2D eigenvalue weighted by Gasteiger charge is 2.11. The predicted octanol–water partition coefficient (Wildman–Crippen LogP) is 0.600. The summed E-state index contributed by atoms with van der Waals surface area (Å²) in [5.41, 5.74) is 3.00. The molecule has 0 saturated heterocycles. The molecule has 66 valence electrons. The van der Waals surface area contributed by atoms with Gasteiger partial charge >= 0.3 is 0 Å². The van der Waals surface area contributed by atoms with Gasteiger partial charge in [-0.3, -0.25) is 4.79 Å². The largest absolute Gasteiger partial charge is 0.506 e. The number of aromatic nitrogens is 1. The fourth-order valence-electron chi connectivity index (χ4n) is 0.693. The molecule has 0 fully saturated rings. The lowest BCUT2D eigenvalue weighted by molar-refractivity contribution is 0.145. The van der Waals surface area contributed by atoms with E-state index in [1.54, 1.807) is 0 Å². The van der Waals surface area contributed by atoms with Crippen LogP contribution in [-0.4, -0.2) is 10.1 Å². The van der Waals surface area contributed by atoms with Gasteiger partial charge in [-0.2, -0.15) is 0 Å². The summed E-state index contributed by atoms with van der Waals surface area (Å²) in [5.74, 6) is -0.631. The second-order valence-corrected chi connectivity index (χ2v) is 2.15. The maximum Gasteiger partial charge on any atom is 0.278 e. The lowest BCUT2D eigenvalue weighted by atomic mass is 10.3. The van der Waals surface area contributed by atoms with Crippen LogP contribution in [0.25, 0.3) is 0 Å². The number of nitrogen functional groups attached to an aromatic ring is 1. The number of hydrogen-bond acceptors (Lipinski definition) is 3. The zero-order valence-corrected chi connectivity index (χ0v) is 5.84. The maximum atomic E-state index is 11.9. The van der Waals surface area contributed by atoms with Crippen LogP contribution in [0.5, 0.6) is 5.75 Å². The SMILES string of the molecule is Nc1c(O)cc(C(F)F)[nH]c1=O. The van der Waals surface area contributed by atoms with Crippen molar-refractivity contribution in [2.75, 3.05) is 5.73 Å². The first-order chi connectivity index (χ1) is 5.52. The molecule has 4 nitrogen and oxygen atoms in total. The predicted molar refractivity (Wildman–Crippen MR) is 38.1 cm³/mol. The average Bonchev–Trinajstić information content (AvgIpc) is 1.99. The van der Waals surface area contributed by atoms with Crippen molar-refractivity contribution in [3.05, 3.63) is 22.1 Å². The molecule has 4 N–H and O–H groups in total. The number of alkyl halides is 2. The van der Waals surface area contributed by atoms with E-state index in [0.29, 0.717) is 0 Å². The summed E-state index contributed by atoms with van der Waals surface area (Å²) in [6.45, 7) is 0. The first kappa shape index (κ1) is 8.51. The van der Waals surface area contributed by atoms with Gasteiger partial charge in [-0.05, 0) is 0 Å². The van der Waals surface area contributed by atoms with Crippen LogP contribution >= 0.6 is 0 Å². The van der Waals surface area contributed by atoms with E-state index in [1.165, 1.54) is 0 Å². The molecule has 0 aromatic carbocycles. The molecule has 0 unspecified atom stereocenters. The highest BCUT2D eigenvalue weighted by Crippen LogP contribution is 2.21. The van der Waals surface area contributed by atoms with Crippen molar-refractivity contribution in [2.24, 2.45) is 0 Å².